The summed E-state index contributed by atoms with van der Waals surface area (Å²) in [6, 6.07) is 14.8. The van der Waals surface area contributed by atoms with Gasteiger partial charge in [-0.2, -0.15) is 0 Å². The van der Waals surface area contributed by atoms with E-state index in [4.69, 9.17) is 18.6 Å². The van der Waals surface area contributed by atoms with Crippen LogP contribution >= 0.6 is 0 Å². The Morgan fingerprint density at radius 1 is 0.556 bits per heavy atom. The molecule has 0 aromatic heterocycles. The van der Waals surface area contributed by atoms with Crippen LogP contribution in [0.1, 0.15) is 0 Å². The maximum Gasteiger partial charge on any atom is 1.00 e. The number of rotatable bonds is 0. The largest absolute Gasteiger partial charge is 1.00 e. The molecule has 18 heavy (non-hydrogen) atoms. The van der Waals surface area contributed by atoms with Gasteiger partial charge in [0, 0.05) is 0 Å². The van der Waals surface area contributed by atoms with Gasteiger partial charge in [0.2, 0.25) is 0 Å². The van der Waals surface area contributed by atoms with Crippen LogP contribution in [0, 0.1) is 0 Å². The molecule has 2 heterocycles. The summed E-state index contributed by atoms with van der Waals surface area (Å²) in [4.78, 5) is 0. The summed E-state index contributed by atoms with van der Waals surface area (Å²) < 4.78 is 22.5. The maximum absolute atomic E-state index is 5.63. The number of hydrogen-bond donors (Lipinski definition) is 0. The predicted octanol–water partition coefficient (Wildman–Crippen LogP) is -0.631. The van der Waals surface area contributed by atoms with Gasteiger partial charge in [0.05, 0.1) is 0 Å². The summed E-state index contributed by atoms with van der Waals surface area (Å²) in [5, 5.41) is 0. The first-order chi connectivity index (χ1) is 8.35. The van der Waals surface area contributed by atoms with Crippen LogP contribution in [0.5, 0.6) is 23.0 Å². The summed E-state index contributed by atoms with van der Waals surface area (Å²) in [6.07, 6.45) is 0. The second-order valence-electron chi connectivity index (χ2n) is 3.94. The van der Waals surface area contributed by atoms with Gasteiger partial charge >= 0.3 is 25.8 Å². The van der Waals surface area contributed by atoms with Crippen molar-refractivity contribution in [3.05, 3.63) is 48.5 Å². The van der Waals surface area contributed by atoms with E-state index in [9.17, 15) is 0 Å². The Labute approximate surface area is 116 Å². The van der Waals surface area contributed by atoms with E-state index in [0.717, 1.165) is 0 Å². The molecular weight excluding hydrogens is 226 g/mol. The molecule has 1 spiro atoms. The van der Waals surface area contributed by atoms with Crippen molar-refractivity contribution in [1.82, 2.24) is 0 Å². The number of fused-ring (bicyclic) bond motifs is 2. The first-order valence-electron chi connectivity index (χ1n) is 5.41. The first-order valence-corrected chi connectivity index (χ1v) is 5.41. The second-order valence-corrected chi connectivity index (χ2v) is 3.94. The zero-order chi connectivity index (χ0) is 11.3. The van der Waals surface area contributed by atoms with Gasteiger partial charge in [-0.15, -0.1) is 0 Å². The first kappa shape index (κ1) is 11.4. The van der Waals surface area contributed by atoms with E-state index in [1.165, 1.54) is 0 Å². The third-order valence-corrected chi connectivity index (χ3v) is 2.78. The molecule has 2 aromatic rings. The van der Waals surface area contributed by atoms with Crippen LogP contribution in [-0.4, -0.2) is 6.96 Å². The zero-order valence-corrected chi connectivity index (χ0v) is 9.83. The fourth-order valence-corrected chi connectivity index (χ4v) is 2.06. The molecule has 6 heteroatoms. The maximum atomic E-state index is 5.63. The van der Waals surface area contributed by atoms with E-state index in [1.807, 2.05) is 48.5 Å². The number of para-hydroxylation sites is 4. The van der Waals surface area contributed by atoms with Crippen molar-refractivity contribution in [2.24, 2.45) is 0 Å². The molecule has 2 aromatic carbocycles. The molecule has 0 saturated carbocycles. The van der Waals surface area contributed by atoms with Crippen molar-refractivity contribution in [1.29, 1.82) is 0 Å². The minimum Gasteiger partial charge on any atom is -0.609 e. The third kappa shape index (κ3) is 1.56. The van der Waals surface area contributed by atoms with Crippen LogP contribution in [-0.2, 0) is 0 Å². The molecule has 0 atom stereocenters. The topological polar surface area (TPSA) is 36.9 Å². The zero-order valence-electron chi connectivity index (χ0n) is 9.83. The number of hydrogen-bond acceptors (Lipinski definition) is 4. The SMILES string of the molecule is [Li+].c1ccc2c(c1)O[B-]1(O2)Oc2ccccc2O1. The Balaban J connectivity index is 0.000001000. The van der Waals surface area contributed by atoms with Crippen molar-refractivity contribution >= 4 is 6.96 Å². The van der Waals surface area contributed by atoms with Crippen LogP contribution in [0.25, 0.3) is 0 Å². The summed E-state index contributed by atoms with van der Waals surface area (Å²) >= 11 is 0. The predicted molar refractivity (Wildman–Crippen MR) is 61.2 cm³/mol. The fourth-order valence-electron chi connectivity index (χ4n) is 2.06. The molecule has 0 unspecified atom stereocenters. The average molecular weight is 234 g/mol. The summed E-state index contributed by atoms with van der Waals surface area (Å²) in [7, 11) is 0. The second kappa shape index (κ2) is 3.91. The molecule has 0 aliphatic carbocycles. The molecule has 4 rings (SSSR count). The smallest absolute Gasteiger partial charge is 0.609 e. The fraction of sp³-hybridized carbons (Fsp3) is 0. The van der Waals surface area contributed by atoms with Crippen LogP contribution in [0.4, 0.5) is 0 Å². The van der Waals surface area contributed by atoms with Crippen LogP contribution in [0.15, 0.2) is 48.5 Å². The van der Waals surface area contributed by atoms with E-state index in [0.29, 0.717) is 23.0 Å². The van der Waals surface area contributed by atoms with E-state index in [-0.39, 0.29) is 18.9 Å². The van der Waals surface area contributed by atoms with Crippen LogP contribution in [0.3, 0.4) is 0 Å². The van der Waals surface area contributed by atoms with Gasteiger partial charge in [-0.25, -0.2) is 0 Å². The molecule has 2 aliphatic heterocycles. The molecule has 4 nitrogen and oxygen atoms in total. The Kier molecular flexibility index (Phi) is 2.47. The van der Waals surface area contributed by atoms with Gasteiger partial charge in [-0.1, -0.05) is 24.3 Å². The van der Waals surface area contributed by atoms with Crippen LogP contribution in [0.2, 0.25) is 0 Å². The Bertz CT molecular complexity index is 497. The molecule has 0 N–H and O–H groups in total. The van der Waals surface area contributed by atoms with Gasteiger partial charge in [-0.05, 0) is 24.3 Å². The van der Waals surface area contributed by atoms with Crippen molar-refractivity contribution in [3.63, 3.8) is 0 Å². The van der Waals surface area contributed by atoms with Crippen LogP contribution < -0.4 is 37.5 Å². The van der Waals surface area contributed by atoms with Crippen molar-refractivity contribution < 1.29 is 37.5 Å². The minimum absolute atomic E-state index is 0. The van der Waals surface area contributed by atoms with E-state index >= 15 is 0 Å². The Morgan fingerprint density at radius 3 is 1.11 bits per heavy atom. The van der Waals surface area contributed by atoms with E-state index < -0.39 is 6.96 Å². The number of benzene rings is 2. The molecule has 2 aliphatic rings. The molecule has 0 radical (unpaired) electrons. The van der Waals surface area contributed by atoms with Crippen molar-refractivity contribution in [2.45, 2.75) is 0 Å². The van der Waals surface area contributed by atoms with Gasteiger partial charge in [0.25, 0.3) is 0 Å². The molecule has 0 fully saturated rings. The normalized spacial score (nSPS) is 16.4. The molecule has 0 bridgehead atoms. The third-order valence-electron chi connectivity index (χ3n) is 2.78. The molecule has 0 amide bonds. The van der Waals surface area contributed by atoms with Gasteiger partial charge in [0.1, 0.15) is 23.0 Å². The van der Waals surface area contributed by atoms with Gasteiger partial charge in [0.15, 0.2) is 0 Å². The molecule has 0 saturated heterocycles. The summed E-state index contributed by atoms with van der Waals surface area (Å²) in [6.45, 7) is -2.21. The Morgan fingerprint density at radius 2 is 0.833 bits per heavy atom. The molecular formula is C12H8BLiO4. The van der Waals surface area contributed by atoms with E-state index in [2.05, 4.69) is 0 Å². The summed E-state index contributed by atoms with van der Waals surface area (Å²) in [5.41, 5.74) is 0. The van der Waals surface area contributed by atoms with Crippen molar-refractivity contribution in [3.8, 4) is 23.0 Å². The standard InChI is InChI=1S/C12H8BO4.Li/c1-2-6-10-9(5-1)14-13(15-10)16-11-7-3-4-8-12(11)17-13;/h1-8H;/q-1;+1. The molecule has 84 valence electrons. The summed E-state index contributed by atoms with van der Waals surface area (Å²) in [5.74, 6) is 2.56. The quantitative estimate of drug-likeness (QED) is 0.568. The Hall–Kier alpha value is -1.70. The average Bonchev–Trinajstić information content (AvgIpc) is 2.87. The van der Waals surface area contributed by atoms with Gasteiger partial charge in [-0.3, -0.25) is 0 Å². The minimum atomic E-state index is -2.21. The monoisotopic (exact) mass is 234 g/mol. The van der Waals surface area contributed by atoms with Crippen molar-refractivity contribution in [2.75, 3.05) is 0 Å². The van der Waals surface area contributed by atoms with Gasteiger partial charge < -0.3 is 18.6 Å². The van der Waals surface area contributed by atoms with E-state index in [1.54, 1.807) is 0 Å².